The number of aliphatic carboxylic acids is 1. The number of carbonyl (C=O) groups is 2. The summed E-state index contributed by atoms with van der Waals surface area (Å²) in [7, 11) is 0. The van der Waals surface area contributed by atoms with Crippen molar-refractivity contribution in [2.45, 2.75) is 12.7 Å². The third kappa shape index (κ3) is 3.42. The van der Waals surface area contributed by atoms with Crippen molar-refractivity contribution in [1.29, 1.82) is 0 Å². The molecule has 1 aliphatic rings. The van der Waals surface area contributed by atoms with Crippen LogP contribution in [0.4, 0.5) is 5.69 Å². The number of anilines is 1. The van der Waals surface area contributed by atoms with Crippen LogP contribution in [-0.4, -0.2) is 28.5 Å². The molecule has 3 aromatic rings. The Kier molecular flexibility index (Phi) is 4.72. The van der Waals surface area contributed by atoms with Crippen molar-refractivity contribution in [2.24, 2.45) is 0 Å². The lowest BCUT2D eigenvalue weighted by Gasteiger charge is -2.38. The third-order valence-electron chi connectivity index (χ3n) is 4.49. The van der Waals surface area contributed by atoms with Crippen molar-refractivity contribution in [1.82, 2.24) is 4.90 Å². The summed E-state index contributed by atoms with van der Waals surface area (Å²) in [5.74, 6) is -0.174. The fourth-order valence-electron chi connectivity index (χ4n) is 3.25. The van der Waals surface area contributed by atoms with Gasteiger partial charge in [0.25, 0.3) is 5.91 Å². The molecule has 1 aromatic heterocycles. The Morgan fingerprint density at radius 1 is 1.11 bits per heavy atom. The molecule has 2 N–H and O–H groups in total. The molecular formula is C21H18N2O5. The summed E-state index contributed by atoms with van der Waals surface area (Å²) in [6.45, 7) is -0.211. The number of ether oxygens (including phenoxy) is 1. The Morgan fingerprint density at radius 2 is 1.89 bits per heavy atom. The van der Waals surface area contributed by atoms with Crippen LogP contribution in [0.25, 0.3) is 0 Å². The van der Waals surface area contributed by atoms with E-state index in [1.54, 1.807) is 41.5 Å². The highest BCUT2D eigenvalue weighted by molar-refractivity contribution is 6.01. The van der Waals surface area contributed by atoms with Crippen molar-refractivity contribution in [3.05, 3.63) is 83.8 Å². The summed E-state index contributed by atoms with van der Waals surface area (Å²) in [6, 6.07) is 17.9. The number of para-hydroxylation sites is 2. The van der Waals surface area contributed by atoms with E-state index in [9.17, 15) is 9.59 Å². The normalized spacial score (nSPS) is 15.6. The number of rotatable bonds is 6. The minimum Gasteiger partial charge on any atom is -0.481 e. The van der Waals surface area contributed by atoms with E-state index < -0.39 is 18.7 Å². The molecular weight excluding hydrogens is 360 g/mol. The van der Waals surface area contributed by atoms with Gasteiger partial charge in [-0.05, 0) is 30.3 Å². The molecule has 2 heterocycles. The molecule has 1 atom stereocenters. The van der Waals surface area contributed by atoms with Gasteiger partial charge in [0.2, 0.25) is 0 Å². The standard InChI is InChI=1S/C21H18N2O5/c24-19(25)13-28-18-10-4-2-8-16(18)20-22-17-9-3-1-7-15(17)21(26)23(20)12-14-6-5-11-27-14/h1-11,20,22H,12-13H2,(H,24,25)/t20-/m0/s1. The van der Waals surface area contributed by atoms with Crippen LogP contribution >= 0.6 is 0 Å². The maximum absolute atomic E-state index is 13.2. The van der Waals surface area contributed by atoms with Gasteiger partial charge in [-0.2, -0.15) is 0 Å². The quantitative estimate of drug-likeness (QED) is 0.682. The van der Waals surface area contributed by atoms with Gasteiger partial charge in [-0.25, -0.2) is 4.79 Å². The number of benzene rings is 2. The lowest BCUT2D eigenvalue weighted by molar-refractivity contribution is -0.139. The van der Waals surface area contributed by atoms with E-state index in [0.29, 0.717) is 28.3 Å². The van der Waals surface area contributed by atoms with Gasteiger partial charge in [-0.1, -0.05) is 30.3 Å². The van der Waals surface area contributed by atoms with Gasteiger partial charge in [-0.3, -0.25) is 4.79 Å². The van der Waals surface area contributed by atoms with E-state index in [4.69, 9.17) is 14.3 Å². The second-order valence-electron chi connectivity index (χ2n) is 6.33. The molecule has 0 fully saturated rings. The van der Waals surface area contributed by atoms with Crippen LogP contribution in [0.1, 0.15) is 27.8 Å². The van der Waals surface area contributed by atoms with Crippen molar-refractivity contribution in [3.8, 4) is 5.75 Å². The topological polar surface area (TPSA) is 92.0 Å². The average Bonchev–Trinajstić information content (AvgIpc) is 3.22. The lowest BCUT2D eigenvalue weighted by atomic mass is 10.0. The molecule has 0 saturated heterocycles. The second-order valence-corrected chi connectivity index (χ2v) is 6.33. The first-order valence-corrected chi connectivity index (χ1v) is 8.76. The molecule has 142 valence electrons. The number of carbonyl (C=O) groups excluding carboxylic acids is 1. The molecule has 0 bridgehead atoms. The highest BCUT2D eigenvalue weighted by Crippen LogP contribution is 2.37. The van der Waals surface area contributed by atoms with Crippen molar-refractivity contribution in [2.75, 3.05) is 11.9 Å². The number of hydrogen-bond acceptors (Lipinski definition) is 5. The fourth-order valence-corrected chi connectivity index (χ4v) is 3.25. The van der Waals surface area contributed by atoms with E-state index in [0.717, 1.165) is 0 Å². The number of furan rings is 1. The Labute approximate surface area is 161 Å². The van der Waals surface area contributed by atoms with Crippen LogP contribution < -0.4 is 10.1 Å². The first-order chi connectivity index (χ1) is 13.6. The largest absolute Gasteiger partial charge is 0.481 e. The minimum absolute atomic E-state index is 0.149. The predicted octanol–water partition coefficient (Wildman–Crippen LogP) is 3.51. The van der Waals surface area contributed by atoms with E-state index in [1.807, 2.05) is 30.3 Å². The molecule has 0 unspecified atom stereocenters. The summed E-state index contributed by atoms with van der Waals surface area (Å²) in [5, 5.41) is 12.3. The Hall–Kier alpha value is -3.74. The number of carboxylic acid groups (broad SMARTS) is 1. The molecule has 28 heavy (non-hydrogen) atoms. The number of carboxylic acids is 1. The zero-order chi connectivity index (χ0) is 19.5. The highest BCUT2D eigenvalue weighted by atomic mass is 16.5. The van der Waals surface area contributed by atoms with E-state index >= 15 is 0 Å². The summed E-state index contributed by atoms with van der Waals surface area (Å²) in [6.07, 6.45) is 1.02. The first kappa shape index (κ1) is 17.7. The fraction of sp³-hybridized carbons (Fsp3) is 0.143. The van der Waals surface area contributed by atoms with Gasteiger partial charge in [0.15, 0.2) is 6.61 Å². The summed E-state index contributed by atoms with van der Waals surface area (Å²) in [4.78, 5) is 25.8. The van der Waals surface area contributed by atoms with E-state index in [1.165, 1.54) is 0 Å². The van der Waals surface area contributed by atoms with E-state index in [-0.39, 0.29) is 12.5 Å². The zero-order valence-electron chi connectivity index (χ0n) is 14.9. The van der Waals surface area contributed by atoms with Crippen LogP contribution in [0.2, 0.25) is 0 Å². The average molecular weight is 378 g/mol. The molecule has 7 heteroatoms. The summed E-state index contributed by atoms with van der Waals surface area (Å²) >= 11 is 0. The molecule has 7 nitrogen and oxygen atoms in total. The molecule has 4 rings (SSSR count). The highest BCUT2D eigenvalue weighted by Gasteiger charge is 2.34. The molecule has 0 aliphatic carbocycles. The van der Waals surface area contributed by atoms with Crippen molar-refractivity contribution >= 4 is 17.6 Å². The van der Waals surface area contributed by atoms with Crippen molar-refractivity contribution in [3.63, 3.8) is 0 Å². The number of hydrogen-bond donors (Lipinski definition) is 2. The number of nitrogens with one attached hydrogen (secondary N) is 1. The molecule has 1 amide bonds. The van der Waals surface area contributed by atoms with Crippen molar-refractivity contribution < 1.29 is 23.8 Å². The van der Waals surface area contributed by atoms with Gasteiger partial charge in [0.1, 0.15) is 17.7 Å². The number of nitrogens with zero attached hydrogens (tertiary/aromatic N) is 1. The molecule has 0 saturated carbocycles. The van der Waals surface area contributed by atoms with Gasteiger partial charge >= 0.3 is 5.97 Å². The van der Waals surface area contributed by atoms with Crippen LogP contribution in [0.3, 0.4) is 0 Å². The maximum Gasteiger partial charge on any atom is 0.341 e. The van der Waals surface area contributed by atoms with Gasteiger partial charge in [0, 0.05) is 11.3 Å². The second kappa shape index (κ2) is 7.48. The SMILES string of the molecule is O=C(O)COc1ccccc1[C@H]1Nc2ccccc2C(=O)N1Cc1ccco1. The van der Waals surface area contributed by atoms with Crippen LogP contribution in [0.5, 0.6) is 5.75 Å². The van der Waals surface area contributed by atoms with Crippen LogP contribution in [0, 0.1) is 0 Å². The van der Waals surface area contributed by atoms with Gasteiger partial charge < -0.3 is 24.5 Å². The predicted molar refractivity (Wildman–Crippen MR) is 101 cm³/mol. The molecule has 0 radical (unpaired) electrons. The third-order valence-corrected chi connectivity index (χ3v) is 4.49. The minimum atomic E-state index is -1.07. The van der Waals surface area contributed by atoms with Crippen LogP contribution in [0.15, 0.2) is 71.3 Å². The number of fused-ring (bicyclic) bond motifs is 1. The Balaban J connectivity index is 1.75. The summed E-state index contributed by atoms with van der Waals surface area (Å²) < 4.78 is 10.9. The molecule has 1 aliphatic heterocycles. The van der Waals surface area contributed by atoms with Crippen LogP contribution in [-0.2, 0) is 11.3 Å². The number of amides is 1. The van der Waals surface area contributed by atoms with Gasteiger partial charge in [0.05, 0.1) is 18.4 Å². The maximum atomic E-state index is 13.2. The monoisotopic (exact) mass is 378 g/mol. The Morgan fingerprint density at radius 3 is 2.68 bits per heavy atom. The van der Waals surface area contributed by atoms with Gasteiger partial charge in [-0.15, -0.1) is 0 Å². The van der Waals surface area contributed by atoms with E-state index in [2.05, 4.69) is 5.32 Å². The lowest BCUT2D eigenvalue weighted by Crippen LogP contribution is -2.42. The molecule has 2 aromatic carbocycles. The summed E-state index contributed by atoms with van der Waals surface area (Å²) in [5.41, 5.74) is 1.94. The Bertz CT molecular complexity index is 1000. The first-order valence-electron chi connectivity index (χ1n) is 8.76. The zero-order valence-corrected chi connectivity index (χ0v) is 14.9. The smallest absolute Gasteiger partial charge is 0.341 e. The molecule has 0 spiro atoms.